The van der Waals surface area contributed by atoms with Crippen LogP contribution >= 0.6 is 0 Å². The minimum atomic E-state index is -2.50. The van der Waals surface area contributed by atoms with Crippen molar-refractivity contribution in [2.75, 3.05) is 26.2 Å². The lowest BCUT2D eigenvalue weighted by Gasteiger charge is -2.31. The van der Waals surface area contributed by atoms with Crippen molar-refractivity contribution in [3.8, 4) is 5.88 Å². The highest BCUT2D eigenvalue weighted by atomic mass is 19.3. The lowest BCUT2D eigenvalue weighted by molar-refractivity contribution is 0.0794. The Labute approximate surface area is 210 Å². The second-order valence-electron chi connectivity index (χ2n) is 9.77. The molecule has 196 valence electrons. The topological polar surface area (TPSA) is 76.5 Å². The van der Waals surface area contributed by atoms with E-state index >= 15 is 0 Å². The third-order valence-electron chi connectivity index (χ3n) is 7.40. The number of aromatic nitrogens is 2. The summed E-state index contributed by atoms with van der Waals surface area (Å²) in [5.41, 5.74) is 2.40. The molecule has 2 aliphatic rings. The van der Waals surface area contributed by atoms with Gasteiger partial charge < -0.3 is 19.5 Å². The summed E-state index contributed by atoms with van der Waals surface area (Å²) in [6.45, 7) is 4.60. The molecule has 1 aliphatic heterocycles. The molecule has 0 unspecified atom stereocenters. The van der Waals surface area contributed by atoms with Gasteiger partial charge in [0.2, 0.25) is 5.88 Å². The molecule has 0 radical (unpaired) electrons. The Hall–Kier alpha value is -2.81. The van der Waals surface area contributed by atoms with Gasteiger partial charge in [-0.15, -0.1) is 0 Å². The quantitative estimate of drug-likeness (QED) is 0.566. The van der Waals surface area contributed by atoms with E-state index in [0.29, 0.717) is 18.2 Å². The van der Waals surface area contributed by atoms with Gasteiger partial charge in [0.05, 0.1) is 0 Å². The molecular weight excluding hydrogens is 466 g/mol. The van der Waals surface area contributed by atoms with Crippen LogP contribution in [0.3, 0.4) is 0 Å². The number of fused-ring (bicyclic) bond motifs is 1. The maximum Gasteiger partial charge on any atom is 0.272 e. The summed E-state index contributed by atoms with van der Waals surface area (Å²) in [5.74, 6) is 0.747. The number of carbonyl (C=O) groups excluding carboxylic acids is 1. The number of nitrogens with zero attached hydrogens (tertiary/aromatic N) is 3. The molecule has 0 spiro atoms. The minimum Gasteiger partial charge on any atom is -0.472 e. The molecule has 0 bridgehead atoms. The average Bonchev–Trinajstić information content (AvgIpc) is 3.08. The predicted molar refractivity (Wildman–Crippen MR) is 134 cm³/mol. The Kier molecular flexibility index (Phi) is 9.07. The Morgan fingerprint density at radius 1 is 1.14 bits per heavy atom. The van der Waals surface area contributed by atoms with Crippen molar-refractivity contribution >= 4 is 5.91 Å². The summed E-state index contributed by atoms with van der Waals surface area (Å²) in [6, 6.07) is 8.61. The summed E-state index contributed by atoms with van der Waals surface area (Å²) in [7, 11) is 0. The standard InChI is InChI=1S/C27H36F2N4O3/c1-2-33-23(4-3-5-26(33)34)27(35)30-21-9-6-19(7-10-21)12-15-32-16-13-20-8-11-25(36-18-24(28)29)31-22(20)14-17-32/h3-5,8,11,19,21,24H,2,6-7,9-10,12-18H2,1H3,(H,30,35)/t19-,21-. The van der Waals surface area contributed by atoms with Crippen LogP contribution in [0.1, 0.15) is 60.8 Å². The largest absolute Gasteiger partial charge is 0.472 e. The van der Waals surface area contributed by atoms with Crippen LogP contribution in [0.25, 0.3) is 0 Å². The first kappa shape index (κ1) is 26.3. The highest BCUT2D eigenvalue weighted by molar-refractivity contribution is 5.92. The van der Waals surface area contributed by atoms with E-state index in [-0.39, 0.29) is 23.4 Å². The Morgan fingerprint density at radius 2 is 1.92 bits per heavy atom. The number of nitrogens with one attached hydrogen (secondary N) is 1. The first-order valence-corrected chi connectivity index (χ1v) is 13.1. The van der Waals surface area contributed by atoms with E-state index in [2.05, 4.69) is 15.2 Å². The summed E-state index contributed by atoms with van der Waals surface area (Å²) in [5, 5.41) is 3.13. The van der Waals surface area contributed by atoms with Crippen LogP contribution in [0.4, 0.5) is 8.78 Å². The van der Waals surface area contributed by atoms with E-state index in [9.17, 15) is 18.4 Å². The van der Waals surface area contributed by atoms with Crippen LogP contribution in [0.5, 0.6) is 5.88 Å². The van der Waals surface area contributed by atoms with E-state index in [0.717, 1.165) is 70.3 Å². The molecule has 1 amide bonds. The van der Waals surface area contributed by atoms with Gasteiger partial charge in [-0.1, -0.05) is 12.1 Å². The van der Waals surface area contributed by atoms with Crippen LogP contribution in [-0.4, -0.2) is 59.1 Å². The highest BCUT2D eigenvalue weighted by Crippen LogP contribution is 2.28. The number of hydrogen-bond donors (Lipinski definition) is 1. The molecule has 2 aromatic heterocycles. The predicted octanol–water partition coefficient (Wildman–Crippen LogP) is 3.69. The minimum absolute atomic E-state index is 0.148. The second kappa shape index (κ2) is 12.4. The lowest BCUT2D eigenvalue weighted by Crippen LogP contribution is -2.40. The van der Waals surface area contributed by atoms with Gasteiger partial charge in [-0.3, -0.25) is 9.59 Å². The van der Waals surface area contributed by atoms with Crippen LogP contribution in [0, 0.1) is 5.92 Å². The molecule has 9 heteroatoms. The smallest absolute Gasteiger partial charge is 0.272 e. The van der Waals surface area contributed by atoms with Gasteiger partial charge in [0.15, 0.2) is 6.61 Å². The number of pyridine rings is 2. The number of ether oxygens (including phenoxy) is 1. The van der Waals surface area contributed by atoms with Crippen LogP contribution < -0.4 is 15.6 Å². The molecule has 3 heterocycles. The van der Waals surface area contributed by atoms with Crippen LogP contribution in [-0.2, 0) is 19.4 Å². The van der Waals surface area contributed by atoms with Crippen molar-refractivity contribution < 1.29 is 18.3 Å². The molecule has 1 saturated carbocycles. The molecule has 1 aliphatic carbocycles. The third kappa shape index (κ3) is 6.90. The molecule has 0 saturated heterocycles. The zero-order chi connectivity index (χ0) is 25.5. The van der Waals surface area contributed by atoms with E-state index < -0.39 is 13.0 Å². The third-order valence-corrected chi connectivity index (χ3v) is 7.40. The summed E-state index contributed by atoms with van der Waals surface area (Å²) < 4.78 is 31.4. The molecular formula is C27H36F2N4O3. The number of halogens is 2. The maximum absolute atomic E-state index is 12.7. The Bertz CT molecular complexity index is 1080. The summed E-state index contributed by atoms with van der Waals surface area (Å²) in [4.78, 5) is 31.7. The zero-order valence-electron chi connectivity index (χ0n) is 20.9. The monoisotopic (exact) mass is 502 g/mol. The number of amides is 1. The fourth-order valence-corrected chi connectivity index (χ4v) is 5.33. The number of rotatable bonds is 9. The Balaban J connectivity index is 1.20. The van der Waals surface area contributed by atoms with E-state index in [1.54, 1.807) is 18.2 Å². The SMILES string of the molecule is CCn1c(C(=O)N[C@H]2CC[C@H](CCN3CCc4ccc(OCC(F)F)nc4CC3)CC2)cccc1=O. The second-order valence-corrected chi connectivity index (χ2v) is 9.77. The molecule has 1 N–H and O–H groups in total. The van der Waals surface area contributed by atoms with Gasteiger partial charge in [0.25, 0.3) is 17.9 Å². The first-order chi connectivity index (χ1) is 17.4. The molecule has 36 heavy (non-hydrogen) atoms. The van der Waals surface area contributed by atoms with Gasteiger partial charge >= 0.3 is 0 Å². The van der Waals surface area contributed by atoms with Gasteiger partial charge in [-0.2, -0.15) is 0 Å². The molecule has 2 aromatic rings. The van der Waals surface area contributed by atoms with Crippen molar-refractivity contribution in [2.45, 2.75) is 70.9 Å². The number of hydrogen-bond acceptors (Lipinski definition) is 5. The van der Waals surface area contributed by atoms with Crippen LogP contribution in [0.15, 0.2) is 35.1 Å². The molecule has 0 aromatic carbocycles. The normalized spacial score (nSPS) is 20.6. The maximum atomic E-state index is 12.7. The van der Waals surface area contributed by atoms with E-state index in [1.165, 1.54) is 16.2 Å². The van der Waals surface area contributed by atoms with Crippen molar-refractivity contribution in [3.05, 3.63) is 57.6 Å². The van der Waals surface area contributed by atoms with Gasteiger partial charge in [0, 0.05) is 49.9 Å². The fourth-order valence-electron chi connectivity index (χ4n) is 5.33. The average molecular weight is 503 g/mol. The molecule has 7 nitrogen and oxygen atoms in total. The van der Waals surface area contributed by atoms with Gasteiger partial charge in [-0.05, 0) is 69.5 Å². The van der Waals surface area contributed by atoms with Crippen molar-refractivity contribution in [2.24, 2.45) is 5.92 Å². The van der Waals surface area contributed by atoms with Crippen molar-refractivity contribution in [3.63, 3.8) is 0 Å². The number of alkyl halides is 2. The van der Waals surface area contributed by atoms with Crippen molar-refractivity contribution in [1.29, 1.82) is 0 Å². The van der Waals surface area contributed by atoms with Crippen molar-refractivity contribution in [1.82, 2.24) is 19.8 Å². The highest BCUT2D eigenvalue weighted by Gasteiger charge is 2.25. The number of carbonyl (C=O) groups is 1. The van der Waals surface area contributed by atoms with Crippen LogP contribution in [0.2, 0.25) is 0 Å². The molecule has 1 fully saturated rings. The van der Waals surface area contributed by atoms with E-state index in [4.69, 9.17) is 4.74 Å². The molecule has 4 rings (SSSR count). The summed E-state index contributed by atoms with van der Waals surface area (Å²) in [6.07, 6.45) is 4.40. The van der Waals surface area contributed by atoms with E-state index in [1.807, 2.05) is 13.0 Å². The van der Waals surface area contributed by atoms with Gasteiger partial charge in [-0.25, -0.2) is 13.8 Å². The molecule has 0 atom stereocenters. The fraction of sp³-hybridized carbons (Fsp3) is 0.593. The first-order valence-electron chi connectivity index (χ1n) is 13.1. The Morgan fingerprint density at radius 3 is 2.67 bits per heavy atom. The lowest BCUT2D eigenvalue weighted by atomic mass is 9.84. The zero-order valence-corrected chi connectivity index (χ0v) is 20.9. The van der Waals surface area contributed by atoms with Gasteiger partial charge in [0.1, 0.15) is 5.69 Å². The summed E-state index contributed by atoms with van der Waals surface area (Å²) >= 11 is 0.